The number of benzene rings is 2. The lowest BCUT2D eigenvalue weighted by Gasteiger charge is -2.20. The van der Waals surface area contributed by atoms with Gasteiger partial charge in [0.1, 0.15) is 0 Å². The fourth-order valence-electron chi connectivity index (χ4n) is 3.14. The van der Waals surface area contributed by atoms with Gasteiger partial charge in [-0.15, -0.1) is 0 Å². The van der Waals surface area contributed by atoms with Crippen molar-refractivity contribution in [1.29, 1.82) is 0 Å². The second kappa shape index (κ2) is 7.86. The van der Waals surface area contributed by atoms with E-state index in [1.54, 1.807) is 0 Å². The third kappa shape index (κ3) is 3.87. The monoisotopic (exact) mass is 550 g/mol. The number of aromatic nitrogens is 1. The van der Waals surface area contributed by atoms with E-state index in [1.807, 2.05) is 11.9 Å². The molecule has 0 saturated heterocycles. The number of rotatable bonds is 6. The van der Waals surface area contributed by atoms with Crippen molar-refractivity contribution in [2.24, 2.45) is 0 Å². The van der Waals surface area contributed by atoms with Gasteiger partial charge in [-0.25, -0.2) is 0 Å². The van der Waals surface area contributed by atoms with Gasteiger partial charge in [-0.1, -0.05) is 0 Å². The van der Waals surface area contributed by atoms with E-state index >= 15 is 0 Å². The van der Waals surface area contributed by atoms with Crippen molar-refractivity contribution < 1.29 is 10.2 Å². The molecule has 0 radical (unpaired) electrons. The lowest BCUT2D eigenvalue weighted by molar-refractivity contribution is 0.102. The summed E-state index contributed by atoms with van der Waals surface area (Å²) in [6.07, 6.45) is -0.487. The minimum atomic E-state index is -0.487. The largest absolute Gasteiger partial charge is 0.395 e. The smallest absolute Gasteiger partial charge is 0.0845 e. The van der Waals surface area contributed by atoms with Crippen LogP contribution < -0.4 is 0 Å². The van der Waals surface area contributed by atoms with Gasteiger partial charge in [0.2, 0.25) is 0 Å². The molecule has 6 heteroatoms. The average molecular weight is 550 g/mol. The molecule has 3 rings (SSSR count). The Balaban J connectivity index is 2.02. The van der Waals surface area contributed by atoms with Crippen molar-refractivity contribution in [1.82, 2.24) is 9.47 Å². The number of aliphatic hydroxyl groups is 2. The lowest BCUT2D eigenvalue weighted by atomic mass is 10.2. The zero-order chi connectivity index (χ0) is 17.3. The molecule has 2 aromatic carbocycles. The van der Waals surface area contributed by atoms with Gasteiger partial charge in [-0.3, -0.25) is 0 Å². The first-order valence-electron chi connectivity index (χ1n) is 7.84. The SMILES string of the molecule is CN(CCO)C[C@H](O)Cn1c2ccc(I)cc2c2cc(I)ccc21. The maximum Gasteiger partial charge on any atom is 0.0845 e. The normalized spacial score (nSPS) is 13.2. The average Bonchev–Trinajstić information content (AvgIpc) is 2.80. The van der Waals surface area contributed by atoms with Crippen molar-refractivity contribution in [2.75, 3.05) is 26.7 Å². The van der Waals surface area contributed by atoms with Crippen molar-refractivity contribution in [3.05, 3.63) is 43.5 Å². The Morgan fingerprint density at radius 3 is 2.08 bits per heavy atom. The van der Waals surface area contributed by atoms with Crippen LogP contribution in [0.15, 0.2) is 36.4 Å². The number of hydrogen-bond acceptors (Lipinski definition) is 3. The Morgan fingerprint density at radius 2 is 1.58 bits per heavy atom. The zero-order valence-corrected chi connectivity index (χ0v) is 17.7. The first kappa shape index (κ1) is 18.4. The van der Waals surface area contributed by atoms with E-state index in [2.05, 4.69) is 86.1 Å². The molecule has 0 aliphatic heterocycles. The molecule has 0 spiro atoms. The maximum atomic E-state index is 10.5. The van der Waals surface area contributed by atoms with Crippen molar-refractivity contribution in [3.63, 3.8) is 0 Å². The minimum absolute atomic E-state index is 0.107. The molecule has 0 unspecified atom stereocenters. The van der Waals surface area contributed by atoms with Crippen LogP contribution in [0.5, 0.6) is 0 Å². The number of hydrogen-bond donors (Lipinski definition) is 2. The first-order chi connectivity index (χ1) is 11.5. The molecule has 24 heavy (non-hydrogen) atoms. The number of halogens is 2. The molecule has 0 aliphatic rings. The molecule has 2 N–H and O–H groups in total. The fourth-order valence-corrected chi connectivity index (χ4v) is 4.12. The van der Waals surface area contributed by atoms with E-state index in [1.165, 1.54) is 17.9 Å². The van der Waals surface area contributed by atoms with Crippen LogP contribution in [-0.2, 0) is 6.54 Å². The highest BCUT2D eigenvalue weighted by atomic mass is 127. The van der Waals surface area contributed by atoms with Crippen LogP contribution in [0.3, 0.4) is 0 Å². The van der Waals surface area contributed by atoms with E-state index in [4.69, 9.17) is 5.11 Å². The summed E-state index contributed by atoms with van der Waals surface area (Å²) in [6.45, 7) is 1.75. The van der Waals surface area contributed by atoms with E-state index in [9.17, 15) is 5.11 Å². The van der Waals surface area contributed by atoms with Gasteiger partial charge < -0.3 is 19.7 Å². The molecular weight excluding hydrogens is 530 g/mol. The summed E-state index contributed by atoms with van der Waals surface area (Å²) in [5.74, 6) is 0. The van der Waals surface area contributed by atoms with E-state index < -0.39 is 6.10 Å². The van der Waals surface area contributed by atoms with E-state index in [-0.39, 0.29) is 6.61 Å². The Bertz CT molecular complexity index is 804. The first-order valence-corrected chi connectivity index (χ1v) is 10.00. The zero-order valence-electron chi connectivity index (χ0n) is 13.4. The van der Waals surface area contributed by atoms with Crippen LogP contribution in [0.25, 0.3) is 21.8 Å². The standard InChI is InChI=1S/C18H20I2N2O2/c1-21(6-7-23)10-14(24)11-22-17-4-2-12(19)8-15(17)16-9-13(20)3-5-18(16)22/h2-5,8-9,14,23-24H,6-7,10-11H2,1H3/t14-/m0/s1. The van der Waals surface area contributed by atoms with Crippen LogP contribution in [0.1, 0.15) is 0 Å². The molecule has 128 valence electrons. The second-order valence-electron chi connectivity index (χ2n) is 6.07. The second-order valence-corrected chi connectivity index (χ2v) is 8.56. The Kier molecular flexibility index (Phi) is 6.02. The van der Waals surface area contributed by atoms with Gasteiger partial charge >= 0.3 is 0 Å². The summed E-state index contributed by atoms with van der Waals surface area (Å²) in [5, 5.41) is 22.0. The van der Waals surface area contributed by atoms with Crippen molar-refractivity contribution in [3.8, 4) is 0 Å². The van der Waals surface area contributed by atoms with Gasteiger partial charge in [-0.2, -0.15) is 0 Å². The van der Waals surface area contributed by atoms with Gasteiger partial charge in [0.05, 0.1) is 19.3 Å². The third-order valence-corrected chi connectivity index (χ3v) is 5.53. The highest BCUT2D eigenvalue weighted by molar-refractivity contribution is 14.1. The fraction of sp³-hybridized carbons (Fsp3) is 0.333. The number of nitrogens with zero attached hydrogens (tertiary/aromatic N) is 2. The molecule has 0 fully saturated rings. The van der Waals surface area contributed by atoms with Crippen LogP contribution in [0.2, 0.25) is 0 Å². The van der Waals surface area contributed by atoms with Crippen LogP contribution >= 0.6 is 45.2 Å². The molecule has 4 nitrogen and oxygen atoms in total. The van der Waals surface area contributed by atoms with E-state index in [0.717, 1.165) is 11.0 Å². The summed E-state index contributed by atoms with van der Waals surface area (Å²) in [7, 11) is 1.91. The molecule has 0 amide bonds. The Hall–Kier alpha value is -0.420. The molecule has 3 aromatic rings. The topological polar surface area (TPSA) is 48.6 Å². The summed E-state index contributed by atoms with van der Waals surface area (Å²) in [5.41, 5.74) is 2.30. The number of likely N-dealkylation sites (N-methyl/N-ethyl adjacent to an activating group) is 1. The molecular formula is C18H20I2N2O2. The summed E-state index contributed by atoms with van der Waals surface area (Å²) in [4.78, 5) is 1.95. The van der Waals surface area contributed by atoms with Crippen LogP contribution in [-0.4, -0.2) is 52.5 Å². The highest BCUT2D eigenvalue weighted by Gasteiger charge is 2.15. The molecule has 0 aliphatic carbocycles. The van der Waals surface area contributed by atoms with E-state index in [0.29, 0.717) is 19.6 Å². The summed E-state index contributed by atoms with van der Waals surface area (Å²) < 4.78 is 4.62. The lowest BCUT2D eigenvalue weighted by Crippen LogP contribution is -2.33. The van der Waals surface area contributed by atoms with Gasteiger partial charge in [-0.05, 0) is 88.6 Å². The van der Waals surface area contributed by atoms with Gasteiger partial charge in [0.25, 0.3) is 0 Å². The number of aliphatic hydroxyl groups excluding tert-OH is 2. The van der Waals surface area contributed by atoms with Gasteiger partial charge in [0, 0.05) is 42.0 Å². The predicted molar refractivity (Wildman–Crippen MR) is 115 cm³/mol. The molecule has 0 saturated carbocycles. The van der Waals surface area contributed by atoms with Gasteiger partial charge in [0.15, 0.2) is 0 Å². The van der Waals surface area contributed by atoms with Crippen molar-refractivity contribution in [2.45, 2.75) is 12.6 Å². The molecule has 1 atom stereocenters. The maximum absolute atomic E-state index is 10.5. The van der Waals surface area contributed by atoms with Crippen LogP contribution in [0.4, 0.5) is 0 Å². The minimum Gasteiger partial charge on any atom is -0.395 e. The highest BCUT2D eigenvalue weighted by Crippen LogP contribution is 2.31. The molecule has 1 heterocycles. The molecule has 1 aromatic heterocycles. The van der Waals surface area contributed by atoms with Crippen molar-refractivity contribution >= 4 is 67.0 Å². The van der Waals surface area contributed by atoms with Crippen LogP contribution in [0, 0.1) is 7.14 Å². The number of fused-ring (bicyclic) bond motifs is 3. The third-order valence-electron chi connectivity index (χ3n) is 4.19. The molecule has 0 bridgehead atoms. The summed E-state index contributed by atoms with van der Waals surface area (Å²) in [6, 6.07) is 12.9. The quantitative estimate of drug-likeness (QED) is 0.464. The predicted octanol–water partition coefficient (Wildman–Crippen LogP) is 3.29. The Labute approximate surface area is 168 Å². The summed E-state index contributed by atoms with van der Waals surface area (Å²) >= 11 is 4.68. The Morgan fingerprint density at radius 1 is 1.04 bits per heavy atom.